The van der Waals surface area contributed by atoms with Gasteiger partial charge in [-0.15, -0.1) is 0 Å². The first-order valence-corrected chi connectivity index (χ1v) is 30.8. The van der Waals surface area contributed by atoms with Crippen LogP contribution in [0, 0.1) is 23.3 Å². The molecule has 480 valence electrons. The number of hydrogen-bond acceptors (Lipinski definition) is 8. The third-order valence-corrected chi connectivity index (χ3v) is 14.6. The molecule has 16 N–H and O–H groups in total. The van der Waals surface area contributed by atoms with E-state index in [4.69, 9.17) is 92.3 Å². The molecular formula is C72H96Cl4F4N8. The highest BCUT2D eigenvalue weighted by atomic mass is 35.5. The van der Waals surface area contributed by atoms with Crippen LogP contribution < -0.4 is 45.9 Å². The fraction of sp³-hybridized carbons (Fsp3) is 0.333. The van der Waals surface area contributed by atoms with Gasteiger partial charge in [-0.3, -0.25) is 0 Å². The van der Waals surface area contributed by atoms with Crippen molar-refractivity contribution in [1.82, 2.24) is 0 Å². The first kappa shape index (κ1) is 79.1. The van der Waals surface area contributed by atoms with Crippen molar-refractivity contribution >= 4 is 91.9 Å². The highest BCUT2D eigenvalue weighted by molar-refractivity contribution is 6.33. The molecular weight excluding hydrogens is 1190 g/mol. The topological polar surface area (TPSA) is 208 Å². The summed E-state index contributed by atoms with van der Waals surface area (Å²) in [6.07, 6.45) is 0. The normalized spacial score (nSPS) is 10.5. The number of para-hydroxylation sites is 2. The lowest BCUT2D eigenvalue weighted by molar-refractivity contribution is 0.600. The van der Waals surface area contributed by atoms with Crippen molar-refractivity contribution in [3.05, 3.63) is 233 Å². The molecule has 0 radical (unpaired) electrons. The first-order chi connectivity index (χ1) is 40.9. The summed E-state index contributed by atoms with van der Waals surface area (Å²) in [6, 6.07) is 41.2. The van der Waals surface area contributed by atoms with E-state index >= 15 is 0 Å². The van der Waals surface area contributed by atoms with Crippen molar-refractivity contribution in [2.45, 2.75) is 158 Å². The quantitative estimate of drug-likeness (QED) is 0.0541. The lowest BCUT2D eigenvalue weighted by Crippen LogP contribution is -1.99. The van der Waals surface area contributed by atoms with Crippen molar-refractivity contribution in [1.29, 1.82) is 0 Å². The summed E-state index contributed by atoms with van der Waals surface area (Å²) in [4.78, 5) is 0. The molecule has 8 rings (SSSR count). The van der Waals surface area contributed by atoms with E-state index in [1.165, 1.54) is 36.4 Å². The average Bonchev–Trinajstić information content (AvgIpc) is 3.56. The van der Waals surface area contributed by atoms with Crippen LogP contribution in [0.1, 0.15) is 203 Å². The van der Waals surface area contributed by atoms with E-state index in [1.54, 1.807) is 36.4 Å². The zero-order chi connectivity index (χ0) is 67.4. The van der Waals surface area contributed by atoms with Crippen LogP contribution in [0.3, 0.4) is 0 Å². The number of benzene rings is 8. The molecule has 0 aliphatic heterocycles. The third-order valence-electron chi connectivity index (χ3n) is 13.4. The molecule has 0 atom stereocenters. The number of hydrogen-bond donors (Lipinski definition) is 8. The minimum Gasteiger partial charge on any atom is -0.398 e. The average molecular weight is 1290 g/mol. The number of nitrogens with two attached hydrogens (primary N) is 8. The molecule has 8 aromatic carbocycles. The first-order valence-electron chi connectivity index (χ1n) is 29.3. The lowest BCUT2D eigenvalue weighted by Gasteiger charge is -2.10. The molecule has 0 heterocycles. The van der Waals surface area contributed by atoms with E-state index in [9.17, 15) is 17.6 Å². The molecule has 0 aromatic heterocycles. The molecule has 88 heavy (non-hydrogen) atoms. The summed E-state index contributed by atoms with van der Waals surface area (Å²) in [5, 5.41) is 2.87. The maximum atomic E-state index is 13.0. The summed E-state index contributed by atoms with van der Waals surface area (Å²) in [6.45, 7) is 32.7. The van der Waals surface area contributed by atoms with Gasteiger partial charge in [0, 0.05) is 54.8 Å². The Morgan fingerprint density at radius 3 is 1.00 bits per heavy atom. The second-order valence-corrected chi connectivity index (χ2v) is 25.0. The van der Waals surface area contributed by atoms with Crippen molar-refractivity contribution in [2.75, 3.05) is 45.9 Å². The van der Waals surface area contributed by atoms with Gasteiger partial charge < -0.3 is 45.9 Å². The third kappa shape index (κ3) is 27.2. The van der Waals surface area contributed by atoms with Gasteiger partial charge in [0.2, 0.25) is 0 Å². The van der Waals surface area contributed by atoms with Crippen LogP contribution >= 0.6 is 46.4 Å². The highest BCUT2D eigenvalue weighted by Crippen LogP contribution is 2.32. The standard InChI is InChI=1S/4C9H12ClN.4C9H12FN/c1-6(2)8-5-7(10)3-4-9(8)11;1-6(2)8-4-3-7(10)5-9(8)11;1-6(2)9-7(10)4-3-5-8(9)11;1-6(2)7-4-3-5-8(10)9(7)11;1-6(2)8-5-7(10)3-4-9(8)11;1-6(2)8-4-3-7(10)5-9(8)11;1-6(2)9-7(10)4-3-5-8(9)11;1-6(2)7-4-3-5-8(10)9(7)11/h8*3-6H,11H2,1-2H3. The van der Waals surface area contributed by atoms with Gasteiger partial charge in [-0.25, -0.2) is 17.6 Å². The fourth-order valence-corrected chi connectivity index (χ4v) is 9.62. The Bertz CT molecular complexity index is 3110. The zero-order valence-electron chi connectivity index (χ0n) is 54.1. The summed E-state index contributed by atoms with van der Waals surface area (Å²) in [5.74, 6) is 1.78. The van der Waals surface area contributed by atoms with Gasteiger partial charge in [0.05, 0.1) is 16.4 Å². The SMILES string of the molecule is CC(C)c1c(N)cccc1Cl.CC(C)c1c(N)cccc1F.CC(C)c1cc(Cl)ccc1N.CC(C)c1cc(F)ccc1N.CC(C)c1ccc(Cl)cc1N.CC(C)c1ccc(F)cc1N.CC(C)c1cccc(Cl)c1N.CC(C)c1cccc(F)c1N. The predicted molar refractivity (Wildman–Crippen MR) is 379 cm³/mol. The van der Waals surface area contributed by atoms with Crippen molar-refractivity contribution in [2.24, 2.45) is 0 Å². The maximum Gasteiger partial charge on any atom is 0.146 e. The molecule has 0 aliphatic carbocycles. The Morgan fingerprint density at radius 2 is 0.614 bits per heavy atom. The molecule has 0 fully saturated rings. The maximum absolute atomic E-state index is 13.0. The fourth-order valence-electron chi connectivity index (χ4n) is 8.67. The van der Waals surface area contributed by atoms with Gasteiger partial charge in [0.25, 0.3) is 0 Å². The van der Waals surface area contributed by atoms with E-state index in [0.29, 0.717) is 67.9 Å². The lowest BCUT2D eigenvalue weighted by atomic mass is 10.0. The van der Waals surface area contributed by atoms with Crippen LogP contribution in [-0.4, -0.2) is 0 Å². The molecule has 16 heteroatoms. The number of nitrogen functional groups attached to an aromatic ring is 8. The Balaban J connectivity index is 0.000000503. The van der Waals surface area contributed by atoms with E-state index in [0.717, 1.165) is 66.1 Å². The van der Waals surface area contributed by atoms with E-state index in [2.05, 4.69) is 55.4 Å². The Labute approximate surface area is 543 Å². The molecule has 0 saturated carbocycles. The van der Waals surface area contributed by atoms with Crippen molar-refractivity contribution in [3.8, 4) is 0 Å². The van der Waals surface area contributed by atoms with Gasteiger partial charge in [0.1, 0.15) is 23.3 Å². The van der Waals surface area contributed by atoms with E-state index in [-0.39, 0.29) is 46.7 Å². The molecule has 0 aliphatic rings. The Kier molecular flexibility index (Phi) is 35.2. The number of halogens is 8. The largest absolute Gasteiger partial charge is 0.398 e. The summed E-state index contributed by atoms with van der Waals surface area (Å²) in [5.41, 5.74) is 58.2. The minimum absolute atomic E-state index is 0.149. The monoisotopic (exact) mass is 1290 g/mol. The van der Waals surface area contributed by atoms with Gasteiger partial charge in [-0.05, 0) is 183 Å². The van der Waals surface area contributed by atoms with Crippen molar-refractivity contribution < 1.29 is 17.6 Å². The summed E-state index contributed by atoms with van der Waals surface area (Å²) < 4.78 is 51.0. The molecule has 0 spiro atoms. The second-order valence-electron chi connectivity index (χ2n) is 23.3. The highest BCUT2D eigenvalue weighted by Gasteiger charge is 2.12. The smallest absolute Gasteiger partial charge is 0.146 e. The zero-order valence-corrected chi connectivity index (χ0v) is 57.1. The van der Waals surface area contributed by atoms with E-state index in [1.807, 2.05) is 128 Å². The Morgan fingerprint density at radius 1 is 0.261 bits per heavy atom. The van der Waals surface area contributed by atoms with Crippen molar-refractivity contribution in [3.63, 3.8) is 0 Å². The van der Waals surface area contributed by atoms with Gasteiger partial charge in [-0.2, -0.15) is 0 Å². The van der Waals surface area contributed by atoms with Crippen LogP contribution in [-0.2, 0) is 0 Å². The van der Waals surface area contributed by atoms with Crippen LogP contribution in [0.5, 0.6) is 0 Å². The minimum atomic E-state index is -0.323. The molecule has 8 aromatic rings. The summed E-state index contributed by atoms with van der Waals surface area (Å²) >= 11 is 23.3. The summed E-state index contributed by atoms with van der Waals surface area (Å²) in [7, 11) is 0. The van der Waals surface area contributed by atoms with Gasteiger partial charge >= 0.3 is 0 Å². The van der Waals surface area contributed by atoms with E-state index < -0.39 is 0 Å². The number of rotatable bonds is 8. The molecule has 0 amide bonds. The molecule has 8 nitrogen and oxygen atoms in total. The van der Waals surface area contributed by atoms with Crippen LogP contribution in [0.15, 0.2) is 146 Å². The molecule has 0 unspecified atom stereocenters. The van der Waals surface area contributed by atoms with Gasteiger partial charge in [-0.1, -0.05) is 206 Å². The van der Waals surface area contributed by atoms with Gasteiger partial charge in [0.15, 0.2) is 0 Å². The Hall–Kier alpha value is -6.96. The van der Waals surface area contributed by atoms with Crippen LogP contribution in [0.25, 0.3) is 0 Å². The van der Waals surface area contributed by atoms with Crippen LogP contribution in [0.2, 0.25) is 20.1 Å². The van der Waals surface area contributed by atoms with Crippen LogP contribution in [0.4, 0.5) is 63.1 Å². The predicted octanol–water partition coefficient (Wildman–Crippen LogP) is 22.3. The number of anilines is 8. The molecule has 0 bridgehead atoms. The second kappa shape index (κ2) is 39.1. The molecule has 0 saturated heterocycles.